The van der Waals surface area contributed by atoms with Gasteiger partial charge in [-0.25, -0.2) is 0 Å². The van der Waals surface area contributed by atoms with Crippen LogP contribution in [0.5, 0.6) is 0 Å². The highest BCUT2D eigenvalue weighted by molar-refractivity contribution is 5.85. The molecule has 1 aliphatic rings. The Hall–Kier alpha value is -1.11. The molecule has 0 radical (unpaired) electrons. The standard InChI is InChI=1S/C12H14O/c1-9-4-2-3-5-11(9)8-12(13)10-6-7-10/h2-5,10H,6-8H2,1H3. The summed E-state index contributed by atoms with van der Waals surface area (Å²) in [5.41, 5.74) is 2.43. The summed E-state index contributed by atoms with van der Waals surface area (Å²) in [6.45, 7) is 2.06. The molecule has 1 aromatic carbocycles. The van der Waals surface area contributed by atoms with E-state index in [0.29, 0.717) is 18.1 Å². The Morgan fingerprint density at radius 1 is 1.38 bits per heavy atom. The van der Waals surface area contributed by atoms with Crippen molar-refractivity contribution in [3.05, 3.63) is 35.4 Å². The molecule has 0 saturated heterocycles. The maximum absolute atomic E-state index is 11.5. The number of carbonyl (C=O) groups excluding carboxylic acids is 1. The fourth-order valence-corrected chi connectivity index (χ4v) is 1.55. The summed E-state index contributed by atoms with van der Waals surface area (Å²) in [4.78, 5) is 11.5. The Labute approximate surface area is 78.8 Å². The molecule has 1 nitrogen and oxygen atoms in total. The number of carbonyl (C=O) groups is 1. The molecule has 0 aromatic heterocycles. The van der Waals surface area contributed by atoms with Gasteiger partial charge in [0.1, 0.15) is 5.78 Å². The van der Waals surface area contributed by atoms with Crippen LogP contribution in [0.2, 0.25) is 0 Å². The van der Waals surface area contributed by atoms with Crippen molar-refractivity contribution in [3.63, 3.8) is 0 Å². The topological polar surface area (TPSA) is 17.1 Å². The first-order chi connectivity index (χ1) is 6.27. The van der Waals surface area contributed by atoms with Crippen LogP contribution in [-0.2, 0) is 11.2 Å². The molecule has 1 fully saturated rings. The van der Waals surface area contributed by atoms with Crippen LogP contribution in [0.25, 0.3) is 0 Å². The molecule has 0 amide bonds. The minimum atomic E-state index is 0.389. The summed E-state index contributed by atoms with van der Waals surface area (Å²) in [7, 11) is 0. The number of Topliss-reactive ketones (excluding diaryl/α,β-unsaturated/α-hetero) is 1. The van der Waals surface area contributed by atoms with Crippen LogP contribution in [0.15, 0.2) is 24.3 Å². The van der Waals surface area contributed by atoms with E-state index in [0.717, 1.165) is 12.8 Å². The number of rotatable bonds is 3. The average molecular weight is 174 g/mol. The van der Waals surface area contributed by atoms with Gasteiger partial charge in [-0.1, -0.05) is 24.3 Å². The smallest absolute Gasteiger partial charge is 0.140 e. The maximum Gasteiger partial charge on any atom is 0.140 e. The first-order valence-corrected chi connectivity index (χ1v) is 4.84. The number of ketones is 1. The summed E-state index contributed by atoms with van der Waals surface area (Å²) in [6, 6.07) is 8.13. The molecule has 1 heteroatoms. The van der Waals surface area contributed by atoms with Crippen LogP contribution in [0.1, 0.15) is 24.0 Å². The van der Waals surface area contributed by atoms with Crippen molar-refractivity contribution in [1.29, 1.82) is 0 Å². The summed E-state index contributed by atoms with van der Waals surface area (Å²) in [5, 5.41) is 0. The van der Waals surface area contributed by atoms with Gasteiger partial charge in [0.15, 0.2) is 0 Å². The van der Waals surface area contributed by atoms with Gasteiger partial charge in [-0.2, -0.15) is 0 Å². The molecule has 1 aromatic rings. The minimum Gasteiger partial charge on any atom is -0.299 e. The molecule has 1 aliphatic carbocycles. The largest absolute Gasteiger partial charge is 0.299 e. The minimum absolute atomic E-state index is 0.389. The third kappa shape index (κ3) is 1.97. The van der Waals surface area contributed by atoms with Crippen LogP contribution in [0.4, 0.5) is 0 Å². The third-order valence-corrected chi connectivity index (χ3v) is 2.66. The summed E-state index contributed by atoms with van der Waals surface area (Å²) in [5.74, 6) is 0.814. The number of aryl methyl sites for hydroxylation is 1. The third-order valence-electron chi connectivity index (χ3n) is 2.66. The van der Waals surface area contributed by atoms with E-state index >= 15 is 0 Å². The Morgan fingerprint density at radius 2 is 2.08 bits per heavy atom. The van der Waals surface area contributed by atoms with Crippen LogP contribution in [0, 0.1) is 12.8 Å². The second-order valence-corrected chi connectivity index (χ2v) is 3.84. The first-order valence-electron chi connectivity index (χ1n) is 4.84. The van der Waals surface area contributed by atoms with E-state index in [1.54, 1.807) is 0 Å². The van der Waals surface area contributed by atoms with E-state index in [1.165, 1.54) is 11.1 Å². The zero-order valence-electron chi connectivity index (χ0n) is 7.92. The van der Waals surface area contributed by atoms with Gasteiger partial charge in [0.05, 0.1) is 0 Å². The van der Waals surface area contributed by atoms with Gasteiger partial charge >= 0.3 is 0 Å². The second-order valence-electron chi connectivity index (χ2n) is 3.84. The first kappa shape index (κ1) is 8.49. The molecular formula is C12H14O. The Morgan fingerprint density at radius 3 is 2.69 bits per heavy atom. The quantitative estimate of drug-likeness (QED) is 0.688. The Kier molecular flexibility index (Phi) is 2.17. The van der Waals surface area contributed by atoms with Gasteiger partial charge in [0.2, 0.25) is 0 Å². The molecule has 0 heterocycles. The van der Waals surface area contributed by atoms with E-state index in [-0.39, 0.29) is 0 Å². The van der Waals surface area contributed by atoms with Gasteiger partial charge < -0.3 is 0 Å². The molecule has 0 bridgehead atoms. The van der Waals surface area contributed by atoms with Gasteiger partial charge in [0.25, 0.3) is 0 Å². The summed E-state index contributed by atoms with van der Waals surface area (Å²) >= 11 is 0. The SMILES string of the molecule is Cc1ccccc1CC(=O)C1CC1. The fourth-order valence-electron chi connectivity index (χ4n) is 1.55. The highest BCUT2D eigenvalue weighted by Crippen LogP contribution is 2.31. The van der Waals surface area contributed by atoms with Gasteiger partial charge in [-0.15, -0.1) is 0 Å². The van der Waals surface area contributed by atoms with Crippen molar-refractivity contribution in [2.75, 3.05) is 0 Å². The molecular weight excluding hydrogens is 160 g/mol. The number of benzene rings is 1. The molecule has 0 spiro atoms. The molecule has 0 aliphatic heterocycles. The molecule has 1 saturated carbocycles. The lowest BCUT2D eigenvalue weighted by atomic mass is 10.0. The molecule has 13 heavy (non-hydrogen) atoms. The van der Waals surface area contributed by atoms with Crippen molar-refractivity contribution in [3.8, 4) is 0 Å². The lowest BCUT2D eigenvalue weighted by molar-refractivity contribution is -0.119. The zero-order chi connectivity index (χ0) is 9.26. The van der Waals surface area contributed by atoms with Crippen molar-refractivity contribution in [2.45, 2.75) is 26.2 Å². The predicted octanol–water partition coefficient (Wildman–Crippen LogP) is 2.52. The van der Waals surface area contributed by atoms with Crippen molar-refractivity contribution < 1.29 is 4.79 Å². The van der Waals surface area contributed by atoms with Crippen LogP contribution < -0.4 is 0 Å². The lowest BCUT2D eigenvalue weighted by Crippen LogP contribution is -2.05. The van der Waals surface area contributed by atoms with Crippen LogP contribution in [-0.4, -0.2) is 5.78 Å². The molecule has 2 rings (SSSR count). The zero-order valence-corrected chi connectivity index (χ0v) is 7.92. The number of hydrogen-bond donors (Lipinski definition) is 0. The van der Waals surface area contributed by atoms with Gasteiger partial charge in [-0.05, 0) is 30.9 Å². The Balaban J connectivity index is 2.08. The summed E-state index contributed by atoms with van der Waals surface area (Å²) in [6.07, 6.45) is 2.87. The predicted molar refractivity (Wildman–Crippen MR) is 52.6 cm³/mol. The van der Waals surface area contributed by atoms with E-state index in [9.17, 15) is 4.79 Å². The van der Waals surface area contributed by atoms with Gasteiger partial charge in [0, 0.05) is 12.3 Å². The molecule has 68 valence electrons. The Bertz CT molecular complexity index is 324. The van der Waals surface area contributed by atoms with Gasteiger partial charge in [-0.3, -0.25) is 4.79 Å². The monoisotopic (exact) mass is 174 g/mol. The van der Waals surface area contributed by atoms with E-state index in [2.05, 4.69) is 19.1 Å². The maximum atomic E-state index is 11.5. The molecule has 0 N–H and O–H groups in total. The van der Waals surface area contributed by atoms with Crippen molar-refractivity contribution >= 4 is 5.78 Å². The van der Waals surface area contributed by atoms with Crippen molar-refractivity contribution in [2.24, 2.45) is 5.92 Å². The fraction of sp³-hybridized carbons (Fsp3) is 0.417. The van der Waals surface area contributed by atoms with Crippen LogP contribution in [0.3, 0.4) is 0 Å². The van der Waals surface area contributed by atoms with E-state index in [1.807, 2.05) is 12.1 Å². The average Bonchev–Trinajstić information content (AvgIpc) is 2.91. The van der Waals surface area contributed by atoms with Crippen LogP contribution >= 0.6 is 0 Å². The summed E-state index contributed by atoms with van der Waals surface area (Å²) < 4.78 is 0. The highest BCUT2D eigenvalue weighted by atomic mass is 16.1. The molecule has 0 atom stereocenters. The van der Waals surface area contributed by atoms with E-state index < -0.39 is 0 Å². The molecule has 0 unspecified atom stereocenters. The van der Waals surface area contributed by atoms with Crippen molar-refractivity contribution in [1.82, 2.24) is 0 Å². The normalized spacial score (nSPS) is 15.8. The second kappa shape index (κ2) is 3.33. The highest BCUT2D eigenvalue weighted by Gasteiger charge is 2.29. The lowest BCUT2D eigenvalue weighted by Gasteiger charge is -2.03. The van der Waals surface area contributed by atoms with E-state index in [4.69, 9.17) is 0 Å². The number of hydrogen-bond acceptors (Lipinski definition) is 1.